The van der Waals surface area contributed by atoms with Gasteiger partial charge in [0.15, 0.2) is 0 Å². The lowest BCUT2D eigenvalue weighted by Gasteiger charge is -2.25. The fraction of sp³-hybridized carbons (Fsp3) is 0.375. The largest absolute Gasteiger partial charge is 0.497 e. The van der Waals surface area contributed by atoms with E-state index in [4.69, 9.17) is 9.47 Å². The molecule has 2 aromatic rings. The third-order valence-electron chi connectivity index (χ3n) is 4.18. The quantitative estimate of drug-likeness (QED) is 0.731. The predicted molar refractivity (Wildman–Crippen MR) is 114 cm³/mol. The smallest absolute Gasteiger partial charge is 0.408 e. The Balaban J connectivity index is 2.23. The van der Waals surface area contributed by atoms with E-state index in [1.165, 1.54) is 0 Å². The summed E-state index contributed by atoms with van der Waals surface area (Å²) < 4.78 is 10.5. The highest BCUT2D eigenvalue weighted by Gasteiger charge is 2.24. The fourth-order valence-corrected chi connectivity index (χ4v) is 2.75. The molecule has 5 nitrogen and oxygen atoms in total. The molecule has 0 heterocycles. The van der Waals surface area contributed by atoms with Crippen LogP contribution in [0, 0.1) is 17.8 Å². The van der Waals surface area contributed by atoms with E-state index in [1.54, 1.807) is 27.9 Å². The maximum atomic E-state index is 12.3. The number of amides is 1. The van der Waals surface area contributed by atoms with Gasteiger partial charge in [0.1, 0.15) is 11.4 Å². The number of aliphatic hydroxyl groups excluding tert-OH is 1. The third kappa shape index (κ3) is 7.89. The number of carbonyl (C=O) groups is 1. The molecule has 2 N–H and O–H groups in total. The van der Waals surface area contributed by atoms with Crippen molar-refractivity contribution in [2.24, 2.45) is 5.92 Å². The molecule has 0 saturated carbocycles. The zero-order valence-electron chi connectivity index (χ0n) is 17.4. The van der Waals surface area contributed by atoms with Crippen LogP contribution in [0.3, 0.4) is 0 Å². The molecule has 0 aliphatic rings. The van der Waals surface area contributed by atoms with E-state index in [0.717, 1.165) is 16.9 Å². The molecule has 2 aromatic carbocycles. The van der Waals surface area contributed by atoms with Crippen LogP contribution in [-0.4, -0.2) is 36.6 Å². The zero-order valence-corrected chi connectivity index (χ0v) is 17.4. The number of benzene rings is 2. The Bertz CT molecular complexity index is 829. The van der Waals surface area contributed by atoms with Gasteiger partial charge in [-0.2, -0.15) is 0 Å². The molecule has 1 amide bonds. The van der Waals surface area contributed by atoms with Crippen molar-refractivity contribution in [3.8, 4) is 17.6 Å². The Morgan fingerprint density at radius 1 is 1.10 bits per heavy atom. The molecule has 2 atom stereocenters. The highest BCUT2D eigenvalue weighted by Crippen LogP contribution is 2.15. The van der Waals surface area contributed by atoms with Gasteiger partial charge < -0.3 is 19.9 Å². The van der Waals surface area contributed by atoms with Crippen molar-refractivity contribution in [1.29, 1.82) is 0 Å². The van der Waals surface area contributed by atoms with Crippen LogP contribution in [0.15, 0.2) is 54.6 Å². The van der Waals surface area contributed by atoms with Crippen molar-refractivity contribution in [3.05, 3.63) is 65.7 Å². The lowest BCUT2D eigenvalue weighted by molar-refractivity contribution is 0.0492. The lowest BCUT2D eigenvalue weighted by Crippen LogP contribution is -2.44. The number of rotatable bonds is 6. The summed E-state index contributed by atoms with van der Waals surface area (Å²) in [5.74, 6) is 6.64. The van der Waals surface area contributed by atoms with Crippen molar-refractivity contribution in [1.82, 2.24) is 5.32 Å². The van der Waals surface area contributed by atoms with Gasteiger partial charge in [0.05, 0.1) is 13.2 Å². The molecule has 0 aromatic heterocycles. The Labute approximate surface area is 173 Å². The third-order valence-corrected chi connectivity index (χ3v) is 4.18. The topological polar surface area (TPSA) is 67.8 Å². The highest BCUT2D eigenvalue weighted by atomic mass is 16.6. The minimum absolute atomic E-state index is 0.118. The van der Waals surface area contributed by atoms with E-state index in [9.17, 15) is 9.90 Å². The van der Waals surface area contributed by atoms with Gasteiger partial charge in [-0.1, -0.05) is 42.2 Å². The van der Waals surface area contributed by atoms with E-state index in [2.05, 4.69) is 17.2 Å². The number of ether oxygens (including phenoxy) is 2. The molecule has 5 heteroatoms. The van der Waals surface area contributed by atoms with Crippen molar-refractivity contribution < 1.29 is 19.4 Å². The first kappa shape index (κ1) is 22.3. The summed E-state index contributed by atoms with van der Waals surface area (Å²) in [6, 6.07) is 16.6. The maximum Gasteiger partial charge on any atom is 0.408 e. The van der Waals surface area contributed by atoms with Crippen LogP contribution in [0.5, 0.6) is 5.75 Å². The molecule has 0 aliphatic carbocycles. The second-order valence-corrected chi connectivity index (χ2v) is 7.75. The number of hydrogen-bond acceptors (Lipinski definition) is 4. The van der Waals surface area contributed by atoms with E-state index in [1.807, 2.05) is 54.6 Å². The van der Waals surface area contributed by atoms with Gasteiger partial charge in [-0.3, -0.25) is 0 Å². The molecule has 0 unspecified atom stereocenters. The summed E-state index contributed by atoms with van der Waals surface area (Å²) in [7, 11) is 1.61. The summed E-state index contributed by atoms with van der Waals surface area (Å²) in [6.45, 7) is 5.29. The van der Waals surface area contributed by atoms with Crippen LogP contribution in [-0.2, 0) is 11.2 Å². The van der Waals surface area contributed by atoms with E-state index in [0.29, 0.717) is 6.42 Å². The van der Waals surface area contributed by atoms with Gasteiger partial charge >= 0.3 is 6.09 Å². The highest BCUT2D eigenvalue weighted by molar-refractivity contribution is 5.68. The van der Waals surface area contributed by atoms with Crippen molar-refractivity contribution in [3.63, 3.8) is 0 Å². The van der Waals surface area contributed by atoms with Crippen LogP contribution < -0.4 is 10.1 Å². The van der Waals surface area contributed by atoms with Gasteiger partial charge in [-0.15, -0.1) is 0 Å². The monoisotopic (exact) mass is 395 g/mol. The molecule has 2 rings (SSSR count). The fourth-order valence-electron chi connectivity index (χ4n) is 2.75. The SMILES string of the molecule is COc1ccc(C#C[C@H](NC(=O)OC(C)(C)C)[C@@H](CO)Cc2ccccc2)cc1. The molecular formula is C24H29NO4. The van der Waals surface area contributed by atoms with Gasteiger partial charge in [0.25, 0.3) is 0 Å². The zero-order chi connectivity index (χ0) is 21.3. The summed E-state index contributed by atoms with van der Waals surface area (Å²) in [5, 5.41) is 12.8. The molecular weight excluding hydrogens is 366 g/mol. The number of carbonyl (C=O) groups excluding carboxylic acids is 1. The number of hydrogen-bond donors (Lipinski definition) is 2. The number of alkyl carbamates (subject to hydrolysis) is 1. The van der Waals surface area contributed by atoms with E-state index < -0.39 is 17.7 Å². The number of methoxy groups -OCH3 is 1. The first-order valence-corrected chi connectivity index (χ1v) is 9.60. The summed E-state index contributed by atoms with van der Waals surface area (Å²) in [4.78, 5) is 12.3. The van der Waals surface area contributed by atoms with Crippen molar-refractivity contribution in [2.75, 3.05) is 13.7 Å². The Kier molecular flexibility index (Phi) is 8.11. The second kappa shape index (κ2) is 10.5. The summed E-state index contributed by atoms with van der Waals surface area (Å²) in [5.41, 5.74) is 1.23. The van der Waals surface area contributed by atoms with Crippen LogP contribution in [0.25, 0.3) is 0 Å². The minimum atomic E-state index is -0.619. The number of nitrogens with one attached hydrogen (secondary N) is 1. The standard InChI is InChI=1S/C24H29NO4/c1-24(2,3)29-23(27)25-22(15-12-18-10-13-21(28-4)14-11-18)20(17-26)16-19-8-6-5-7-9-19/h5-11,13-14,20,22,26H,16-17H2,1-4H3,(H,25,27)/t20-,22+/m1/s1. The molecule has 0 saturated heterocycles. The molecule has 0 bridgehead atoms. The van der Waals surface area contributed by atoms with Gasteiger partial charge in [0, 0.05) is 18.1 Å². The average Bonchev–Trinajstić information content (AvgIpc) is 2.69. The summed E-state index contributed by atoms with van der Waals surface area (Å²) >= 11 is 0. The molecule has 154 valence electrons. The number of aliphatic hydroxyl groups is 1. The predicted octanol–water partition coefficient (Wildman–Crippen LogP) is 3.79. The van der Waals surface area contributed by atoms with Crippen LogP contribution in [0.4, 0.5) is 4.79 Å². The molecule has 0 spiro atoms. The minimum Gasteiger partial charge on any atom is -0.497 e. The van der Waals surface area contributed by atoms with Crippen LogP contribution >= 0.6 is 0 Å². The average molecular weight is 395 g/mol. The Morgan fingerprint density at radius 3 is 2.31 bits per heavy atom. The lowest BCUT2D eigenvalue weighted by atomic mass is 9.93. The van der Waals surface area contributed by atoms with Crippen LogP contribution in [0.2, 0.25) is 0 Å². The molecule has 0 fully saturated rings. The first-order chi connectivity index (χ1) is 13.8. The van der Waals surface area contributed by atoms with Gasteiger partial charge in [-0.05, 0) is 57.0 Å². The first-order valence-electron chi connectivity index (χ1n) is 9.60. The molecule has 0 radical (unpaired) electrons. The Morgan fingerprint density at radius 2 is 1.76 bits per heavy atom. The molecule has 29 heavy (non-hydrogen) atoms. The summed E-state index contributed by atoms with van der Waals surface area (Å²) in [6.07, 6.45) is 0.0211. The van der Waals surface area contributed by atoms with Gasteiger partial charge in [0.2, 0.25) is 0 Å². The normalized spacial score (nSPS) is 12.9. The van der Waals surface area contributed by atoms with Gasteiger partial charge in [-0.25, -0.2) is 4.79 Å². The van der Waals surface area contributed by atoms with Crippen molar-refractivity contribution >= 4 is 6.09 Å². The maximum absolute atomic E-state index is 12.3. The van der Waals surface area contributed by atoms with Crippen LogP contribution in [0.1, 0.15) is 31.9 Å². The van der Waals surface area contributed by atoms with E-state index in [-0.39, 0.29) is 12.5 Å². The second-order valence-electron chi connectivity index (χ2n) is 7.75. The van der Waals surface area contributed by atoms with E-state index >= 15 is 0 Å². The Hall–Kier alpha value is -2.97. The van der Waals surface area contributed by atoms with Crippen molar-refractivity contribution in [2.45, 2.75) is 38.8 Å². The molecule has 0 aliphatic heterocycles.